The monoisotopic (exact) mass is 334 g/mol. The van der Waals surface area contributed by atoms with E-state index < -0.39 is 0 Å². The zero-order valence-electron chi connectivity index (χ0n) is 15.0. The summed E-state index contributed by atoms with van der Waals surface area (Å²) in [5.41, 5.74) is 0.747. The molecule has 5 heteroatoms. The van der Waals surface area contributed by atoms with Gasteiger partial charge in [0.05, 0.1) is 6.61 Å². The van der Waals surface area contributed by atoms with E-state index in [1.807, 2.05) is 31.3 Å². The number of amides is 2. The minimum Gasteiger partial charge on any atom is -0.493 e. The first kappa shape index (κ1) is 18.6. The molecule has 0 unspecified atom stereocenters. The molecule has 1 fully saturated rings. The molecule has 0 aliphatic heterocycles. The van der Waals surface area contributed by atoms with Gasteiger partial charge in [0.25, 0.3) is 0 Å². The summed E-state index contributed by atoms with van der Waals surface area (Å²) in [5, 5.41) is 12.2. The first-order chi connectivity index (χ1) is 11.5. The minimum absolute atomic E-state index is 0.0940. The number of urea groups is 1. The van der Waals surface area contributed by atoms with Gasteiger partial charge < -0.3 is 20.1 Å². The molecule has 2 rings (SSSR count). The average molecular weight is 334 g/mol. The van der Waals surface area contributed by atoms with Gasteiger partial charge in [-0.05, 0) is 49.7 Å². The molecule has 134 valence electrons. The Morgan fingerprint density at radius 3 is 2.67 bits per heavy atom. The highest BCUT2D eigenvalue weighted by molar-refractivity contribution is 5.89. The van der Waals surface area contributed by atoms with Crippen LogP contribution in [0.2, 0.25) is 0 Å². The lowest BCUT2D eigenvalue weighted by molar-refractivity contribution is 0.139. The summed E-state index contributed by atoms with van der Waals surface area (Å²) in [6.45, 7) is 5.12. The van der Waals surface area contributed by atoms with Crippen molar-refractivity contribution in [1.82, 2.24) is 4.90 Å². The fraction of sp³-hybridized carbons (Fsp3) is 0.632. The standard InChI is InChI=1S/C19H30N2O3/c1-14(2)13-24-18-6-4-5-16(11-18)20-19(23)21(3)17-9-7-15(12-22)8-10-17/h4-6,11,14-15,17,22H,7-10,12-13H2,1-3H3,(H,20,23). The van der Waals surface area contributed by atoms with Gasteiger partial charge >= 0.3 is 6.03 Å². The van der Waals surface area contributed by atoms with Crippen LogP contribution in [0, 0.1) is 11.8 Å². The van der Waals surface area contributed by atoms with Crippen LogP contribution in [0.5, 0.6) is 5.75 Å². The van der Waals surface area contributed by atoms with Crippen LogP contribution in [-0.2, 0) is 0 Å². The summed E-state index contributed by atoms with van der Waals surface area (Å²) in [4.78, 5) is 14.3. The van der Waals surface area contributed by atoms with Gasteiger partial charge in [-0.2, -0.15) is 0 Å². The van der Waals surface area contributed by atoms with Gasteiger partial charge in [-0.1, -0.05) is 19.9 Å². The van der Waals surface area contributed by atoms with E-state index in [1.165, 1.54) is 0 Å². The Labute approximate surface area is 145 Å². The maximum atomic E-state index is 12.5. The summed E-state index contributed by atoms with van der Waals surface area (Å²) in [6.07, 6.45) is 3.87. The second-order valence-electron chi connectivity index (χ2n) is 7.13. The number of carbonyl (C=O) groups excluding carboxylic acids is 1. The Morgan fingerprint density at radius 2 is 2.04 bits per heavy atom. The van der Waals surface area contributed by atoms with Gasteiger partial charge in [-0.15, -0.1) is 0 Å². The SMILES string of the molecule is CC(C)COc1cccc(NC(=O)N(C)C2CCC(CO)CC2)c1. The number of benzene rings is 1. The molecule has 0 saturated heterocycles. The van der Waals surface area contributed by atoms with E-state index in [0.29, 0.717) is 18.4 Å². The Hall–Kier alpha value is -1.75. The van der Waals surface area contributed by atoms with Crippen molar-refractivity contribution in [2.75, 3.05) is 25.6 Å². The number of ether oxygens (including phenoxy) is 1. The van der Waals surface area contributed by atoms with E-state index in [4.69, 9.17) is 4.74 Å². The molecular weight excluding hydrogens is 304 g/mol. The molecule has 1 aliphatic rings. The number of hydrogen-bond donors (Lipinski definition) is 2. The number of nitrogens with one attached hydrogen (secondary N) is 1. The van der Waals surface area contributed by atoms with E-state index in [1.54, 1.807) is 4.90 Å². The molecule has 2 amide bonds. The molecule has 5 nitrogen and oxygen atoms in total. The van der Waals surface area contributed by atoms with Crippen molar-refractivity contribution in [1.29, 1.82) is 0 Å². The van der Waals surface area contributed by atoms with Crippen LogP contribution in [0.1, 0.15) is 39.5 Å². The summed E-state index contributed by atoms with van der Waals surface area (Å²) >= 11 is 0. The normalized spacial score (nSPS) is 20.7. The van der Waals surface area contributed by atoms with Crippen LogP contribution >= 0.6 is 0 Å². The van der Waals surface area contributed by atoms with Crippen LogP contribution in [0.3, 0.4) is 0 Å². The zero-order valence-corrected chi connectivity index (χ0v) is 15.0. The Bertz CT molecular complexity index is 525. The largest absolute Gasteiger partial charge is 0.493 e. The van der Waals surface area contributed by atoms with E-state index in [0.717, 1.165) is 37.1 Å². The predicted octanol–water partition coefficient (Wildman–Crippen LogP) is 3.74. The van der Waals surface area contributed by atoms with Gasteiger partial charge in [-0.3, -0.25) is 0 Å². The number of carbonyl (C=O) groups is 1. The quantitative estimate of drug-likeness (QED) is 0.833. The Balaban J connectivity index is 1.88. The molecule has 1 aromatic rings. The van der Waals surface area contributed by atoms with Crippen LogP contribution in [0.25, 0.3) is 0 Å². The molecule has 2 N–H and O–H groups in total. The lowest BCUT2D eigenvalue weighted by Crippen LogP contribution is -2.42. The van der Waals surface area contributed by atoms with Crippen LogP contribution in [-0.4, -0.2) is 42.3 Å². The number of aliphatic hydroxyl groups is 1. The first-order valence-electron chi connectivity index (χ1n) is 8.87. The smallest absolute Gasteiger partial charge is 0.321 e. The number of nitrogens with zero attached hydrogens (tertiary/aromatic N) is 1. The third kappa shape index (κ3) is 5.41. The molecule has 1 aromatic carbocycles. The summed E-state index contributed by atoms with van der Waals surface area (Å²) < 4.78 is 5.70. The van der Waals surface area contributed by atoms with Crippen molar-refractivity contribution < 1.29 is 14.6 Å². The molecule has 0 atom stereocenters. The summed E-state index contributed by atoms with van der Waals surface area (Å²) in [5.74, 6) is 1.63. The van der Waals surface area contributed by atoms with Crippen molar-refractivity contribution in [3.63, 3.8) is 0 Å². The van der Waals surface area contributed by atoms with Crippen LogP contribution in [0.4, 0.5) is 10.5 Å². The van der Waals surface area contributed by atoms with Crippen molar-refractivity contribution >= 4 is 11.7 Å². The number of rotatable bonds is 6. The van der Waals surface area contributed by atoms with Crippen LogP contribution < -0.4 is 10.1 Å². The van der Waals surface area contributed by atoms with Crippen molar-refractivity contribution in [3.8, 4) is 5.75 Å². The van der Waals surface area contributed by atoms with Gasteiger partial charge in [0.15, 0.2) is 0 Å². The molecule has 0 spiro atoms. The van der Waals surface area contributed by atoms with Crippen molar-refractivity contribution in [2.24, 2.45) is 11.8 Å². The lowest BCUT2D eigenvalue weighted by Gasteiger charge is -2.34. The van der Waals surface area contributed by atoms with Crippen LogP contribution in [0.15, 0.2) is 24.3 Å². The highest BCUT2D eigenvalue weighted by Crippen LogP contribution is 2.27. The molecule has 24 heavy (non-hydrogen) atoms. The fourth-order valence-corrected chi connectivity index (χ4v) is 3.02. The first-order valence-corrected chi connectivity index (χ1v) is 8.87. The predicted molar refractivity (Wildman–Crippen MR) is 96.4 cm³/mol. The van der Waals surface area contributed by atoms with E-state index in [9.17, 15) is 9.90 Å². The molecular formula is C19H30N2O3. The molecule has 0 aromatic heterocycles. The van der Waals surface area contributed by atoms with Gasteiger partial charge in [-0.25, -0.2) is 4.79 Å². The second kappa shape index (κ2) is 8.92. The molecule has 0 radical (unpaired) electrons. The second-order valence-corrected chi connectivity index (χ2v) is 7.13. The maximum Gasteiger partial charge on any atom is 0.321 e. The molecule has 1 saturated carbocycles. The van der Waals surface area contributed by atoms with Crippen molar-refractivity contribution in [2.45, 2.75) is 45.6 Å². The maximum absolute atomic E-state index is 12.5. The third-order valence-corrected chi connectivity index (χ3v) is 4.61. The zero-order chi connectivity index (χ0) is 17.5. The number of hydrogen-bond acceptors (Lipinski definition) is 3. The fourth-order valence-electron chi connectivity index (χ4n) is 3.02. The topological polar surface area (TPSA) is 61.8 Å². The van der Waals surface area contributed by atoms with Gasteiger partial charge in [0.2, 0.25) is 0 Å². The summed E-state index contributed by atoms with van der Waals surface area (Å²) in [6, 6.07) is 7.67. The van der Waals surface area contributed by atoms with Crippen molar-refractivity contribution in [3.05, 3.63) is 24.3 Å². The Morgan fingerprint density at radius 1 is 1.33 bits per heavy atom. The average Bonchev–Trinajstić information content (AvgIpc) is 2.59. The highest BCUT2D eigenvalue weighted by Gasteiger charge is 2.26. The highest BCUT2D eigenvalue weighted by atomic mass is 16.5. The van der Waals surface area contributed by atoms with Gasteiger partial charge in [0, 0.05) is 31.5 Å². The van der Waals surface area contributed by atoms with Gasteiger partial charge in [0.1, 0.15) is 5.75 Å². The number of aliphatic hydroxyl groups excluding tert-OH is 1. The number of anilines is 1. The molecule has 1 aliphatic carbocycles. The Kier molecular flexibility index (Phi) is 6.91. The van der Waals surface area contributed by atoms with E-state index in [2.05, 4.69) is 19.2 Å². The summed E-state index contributed by atoms with van der Waals surface area (Å²) in [7, 11) is 1.85. The van der Waals surface area contributed by atoms with E-state index >= 15 is 0 Å². The molecule has 0 bridgehead atoms. The molecule has 0 heterocycles. The third-order valence-electron chi connectivity index (χ3n) is 4.61. The van der Waals surface area contributed by atoms with E-state index in [-0.39, 0.29) is 18.7 Å². The lowest BCUT2D eigenvalue weighted by atomic mass is 9.86. The minimum atomic E-state index is -0.0940.